The second-order valence-corrected chi connectivity index (χ2v) is 6.97. The summed E-state index contributed by atoms with van der Waals surface area (Å²) in [6.07, 6.45) is 1.37. The van der Waals surface area contributed by atoms with Crippen LogP contribution in [0.4, 0.5) is 0 Å². The van der Waals surface area contributed by atoms with E-state index in [4.69, 9.17) is 9.15 Å². The first-order valence-electron chi connectivity index (χ1n) is 9.53. The van der Waals surface area contributed by atoms with Crippen molar-refractivity contribution in [2.24, 2.45) is 5.92 Å². The minimum absolute atomic E-state index is 0.208. The van der Waals surface area contributed by atoms with Crippen LogP contribution in [0.15, 0.2) is 33.5 Å². The predicted octanol–water partition coefficient (Wildman–Crippen LogP) is 3.13. The highest BCUT2D eigenvalue weighted by Crippen LogP contribution is 2.24. The lowest BCUT2D eigenvalue weighted by Gasteiger charge is -2.22. The molecule has 1 amide bonds. The SMILES string of the molecule is CCCc1cc(=O)oc2cc(O[C@H](C)C(=O)N[C@H](C(=O)O)[C@H](C)CC)ccc12. The minimum atomic E-state index is -1.08. The molecule has 0 aliphatic heterocycles. The molecule has 0 fully saturated rings. The molecule has 2 aromatic rings. The number of hydrogen-bond donors (Lipinski definition) is 2. The highest BCUT2D eigenvalue weighted by atomic mass is 16.5. The molecule has 28 heavy (non-hydrogen) atoms. The largest absolute Gasteiger partial charge is 0.481 e. The lowest BCUT2D eigenvalue weighted by molar-refractivity contribution is -0.144. The van der Waals surface area contributed by atoms with E-state index in [1.54, 1.807) is 32.0 Å². The Morgan fingerprint density at radius 3 is 2.54 bits per heavy atom. The Hall–Kier alpha value is -2.83. The molecule has 7 nitrogen and oxygen atoms in total. The Bertz CT molecular complexity index is 903. The number of hydrogen-bond acceptors (Lipinski definition) is 5. The van der Waals surface area contributed by atoms with E-state index in [2.05, 4.69) is 5.32 Å². The third kappa shape index (κ3) is 5.12. The summed E-state index contributed by atoms with van der Waals surface area (Å²) in [6, 6.07) is 5.58. The van der Waals surface area contributed by atoms with Gasteiger partial charge in [-0.2, -0.15) is 0 Å². The average molecular weight is 389 g/mol. The van der Waals surface area contributed by atoms with E-state index in [0.717, 1.165) is 23.8 Å². The van der Waals surface area contributed by atoms with Gasteiger partial charge in [-0.1, -0.05) is 33.6 Å². The number of rotatable bonds is 9. The van der Waals surface area contributed by atoms with Gasteiger partial charge in [-0.05, 0) is 37.0 Å². The van der Waals surface area contributed by atoms with E-state index in [9.17, 15) is 19.5 Å². The van der Waals surface area contributed by atoms with Crippen molar-refractivity contribution >= 4 is 22.8 Å². The molecular formula is C21H27NO6. The maximum atomic E-state index is 12.4. The molecule has 2 rings (SSSR count). The second-order valence-electron chi connectivity index (χ2n) is 6.97. The summed E-state index contributed by atoms with van der Waals surface area (Å²) >= 11 is 0. The lowest BCUT2D eigenvalue weighted by Crippen LogP contribution is -2.49. The Balaban J connectivity index is 2.18. The lowest BCUT2D eigenvalue weighted by atomic mass is 9.99. The molecule has 0 bridgehead atoms. The summed E-state index contributed by atoms with van der Waals surface area (Å²) in [5, 5.41) is 12.7. The molecule has 2 N–H and O–H groups in total. The van der Waals surface area contributed by atoms with E-state index >= 15 is 0 Å². The third-order valence-electron chi connectivity index (χ3n) is 4.78. The van der Waals surface area contributed by atoms with Gasteiger partial charge < -0.3 is 19.6 Å². The molecule has 0 aliphatic carbocycles. The molecule has 1 aromatic heterocycles. The van der Waals surface area contributed by atoms with Crippen molar-refractivity contribution in [3.8, 4) is 5.75 Å². The highest BCUT2D eigenvalue weighted by molar-refractivity contribution is 5.86. The van der Waals surface area contributed by atoms with Crippen LogP contribution in [-0.4, -0.2) is 29.1 Å². The van der Waals surface area contributed by atoms with Crippen LogP contribution in [0.3, 0.4) is 0 Å². The van der Waals surface area contributed by atoms with Crippen molar-refractivity contribution < 1.29 is 23.8 Å². The Labute approximate surface area is 163 Å². The van der Waals surface area contributed by atoms with Gasteiger partial charge in [-0.15, -0.1) is 0 Å². The fourth-order valence-corrected chi connectivity index (χ4v) is 2.97. The van der Waals surface area contributed by atoms with E-state index in [-0.39, 0.29) is 5.92 Å². The summed E-state index contributed by atoms with van der Waals surface area (Å²) < 4.78 is 10.9. The number of carbonyl (C=O) groups excluding carboxylic acids is 1. The first kappa shape index (κ1) is 21.5. The summed E-state index contributed by atoms with van der Waals surface area (Å²) in [7, 11) is 0. The number of amides is 1. The molecule has 3 atom stereocenters. The van der Waals surface area contributed by atoms with Crippen molar-refractivity contribution in [2.45, 2.75) is 59.1 Å². The summed E-state index contributed by atoms with van der Waals surface area (Å²) in [6.45, 7) is 7.20. The van der Waals surface area contributed by atoms with Gasteiger partial charge in [0.2, 0.25) is 0 Å². The molecule has 0 saturated heterocycles. The zero-order chi connectivity index (χ0) is 20.8. The number of ether oxygens (including phenoxy) is 1. The fraction of sp³-hybridized carbons (Fsp3) is 0.476. The smallest absolute Gasteiger partial charge is 0.336 e. The molecule has 1 aromatic carbocycles. The number of fused-ring (bicyclic) bond motifs is 1. The number of carbonyl (C=O) groups is 2. The van der Waals surface area contributed by atoms with Crippen LogP contribution >= 0.6 is 0 Å². The van der Waals surface area contributed by atoms with E-state index < -0.39 is 29.6 Å². The van der Waals surface area contributed by atoms with Crippen molar-refractivity contribution in [1.29, 1.82) is 0 Å². The molecule has 0 spiro atoms. The molecule has 1 heterocycles. The third-order valence-corrected chi connectivity index (χ3v) is 4.78. The summed E-state index contributed by atoms with van der Waals surface area (Å²) in [5.74, 6) is -1.44. The first-order valence-corrected chi connectivity index (χ1v) is 9.53. The first-order chi connectivity index (χ1) is 13.3. The van der Waals surface area contributed by atoms with Gasteiger partial charge in [0.1, 0.15) is 17.4 Å². The zero-order valence-electron chi connectivity index (χ0n) is 16.7. The highest BCUT2D eigenvalue weighted by Gasteiger charge is 2.28. The van der Waals surface area contributed by atoms with Crippen LogP contribution in [0.5, 0.6) is 5.75 Å². The molecule has 0 radical (unpaired) electrons. The molecule has 0 saturated carbocycles. The maximum absolute atomic E-state index is 12.4. The molecule has 0 unspecified atom stereocenters. The number of carboxylic acid groups (broad SMARTS) is 1. The number of benzene rings is 1. The predicted molar refractivity (Wildman–Crippen MR) is 106 cm³/mol. The van der Waals surface area contributed by atoms with Crippen LogP contribution in [0.2, 0.25) is 0 Å². The Morgan fingerprint density at radius 1 is 1.21 bits per heavy atom. The van der Waals surface area contributed by atoms with Crippen LogP contribution in [0, 0.1) is 5.92 Å². The normalized spacial score (nSPS) is 14.3. The number of nitrogens with one attached hydrogen (secondary N) is 1. The zero-order valence-corrected chi connectivity index (χ0v) is 16.7. The number of aryl methyl sites for hydroxylation is 1. The van der Waals surface area contributed by atoms with Gasteiger partial charge in [0.15, 0.2) is 6.10 Å². The van der Waals surface area contributed by atoms with E-state index in [1.807, 2.05) is 13.8 Å². The van der Waals surface area contributed by atoms with Gasteiger partial charge in [0, 0.05) is 17.5 Å². The van der Waals surface area contributed by atoms with Crippen LogP contribution in [0.25, 0.3) is 11.0 Å². The van der Waals surface area contributed by atoms with E-state index in [0.29, 0.717) is 17.8 Å². The Kier molecular flexibility index (Phi) is 7.20. The van der Waals surface area contributed by atoms with Crippen molar-refractivity contribution in [1.82, 2.24) is 5.32 Å². The topological polar surface area (TPSA) is 106 Å². The van der Waals surface area contributed by atoms with Gasteiger partial charge in [-0.25, -0.2) is 9.59 Å². The van der Waals surface area contributed by atoms with Crippen LogP contribution < -0.4 is 15.7 Å². The van der Waals surface area contributed by atoms with Crippen LogP contribution in [0.1, 0.15) is 46.1 Å². The second kappa shape index (κ2) is 9.39. The number of aliphatic carboxylic acids is 1. The maximum Gasteiger partial charge on any atom is 0.336 e. The van der Waals surface area contributed by atoms with Crippen molar-refractivity contribution in [2.75, 3.05) is 0 Å². The van der Waals surface area contributed by atoms with Gasteiger partial charge >= 0.3 is 11.6 Å². The standard InChI is InChI=1S/C21H27NO6/c1-5-7-14-10-18(23)28-17-11-15(8-9-16(14)17)27-13(4)20(24)22-19(21(25)26)12(3)6-2/h8-13,19H,5-7H2,1-4H3,(H,22,24)(H,25,26)/t12-,13-,19+/m1/s1. The number of carboxylic acids is 1. The van der Waals surface area contributed by atoms with E-state index in [1.165, 1.54) is 6.07 Å². The minimum Gasteiger partial charge on any atom is -0.481 e. The average Bonchev–Trinajstić information content (AvgIpc) is 2.64. The van der Waals surface area contributed by atoms with Gasteiger partial charge in [-0.3, -0.25) is 4.79 Å². The van der Waals surface area contributed by atoms with Crippen LogP contribution in [-0.2, 0) is 16.0 Å². The molecule has 152 valence electrons. The van der Waals surface area contributed by atoms with Gasteiger partial charge in [0.25, 0.3) is 5.91 Å². The monoisotopic (exact) mass is 389 g/mol. The summed E-state index contributed by atoms with van der Waals surface area (Å²) in [5.41, 5.74) is 0.866. The fourth-order valence-electron chi connectivity index (χ4n) is 2.97. The molecule has 7 heteroatoms. The van der Waals surface area contributed by atoms with Crippen molar-refractivity contribution in [3.63, 3.8) is 0 Å². The quantitative estimate of drug-likeness (QED) is 0.638. The molecular weight excluding hydrogens is 362 g/mol. The van der Waals surface area contributed by atoms with Crippen molar-refractivity contribution in [3.05, 3.63) is 40.2 Å². The molecule has 0 aliphatic rings. The Morgan fingerprint density at radius 2 is 1.93 bits per heavy atom. The summed E-state index contributed by atoms with van der Waals surface area (Å²) in [4.78, 5) is 35.5. The van der Waals surface area contributed by atoms with Gasteiger partial charge in [0.05, 0.1) is 0 Å².